The molecule has 7 nitrogen and oxygen atoms in total. The van der Waals surface area contributed by atoms with E-state index >= 15 is 0 Å². The molecular weight excluding hydrogens is 466 g/mol. The predicted octanol–water partition coefficient (Wildman–Crippen LogP) is 5.43. The standard InChI is InChI=1S/C25H29N5O2S2/c1-4-30-22(14-32-20-12-16(2)10-11-17(20)3)28-29-25(30)33-15-23(31)27-24-19(13-26)18-8-6-5-7-9-21(18)34-24/h10-12H,4-9,14-15H2,1-3H3,(H,27,31). The number of nitriles is 1. The van der Waals surface area contributed by atoms with Crippen molar-refractivity contribution in [1.29, 1.82) is 5.26 Å². The first-order valence-corrected chi connectivity index (χ1v) is 13.4. The summed E-state index contributed by atoms with van der Waals surface area (Å²) in [6.07, 6.45) is 5.35. The minimum atomic E-state index is -0.142. The van der Waals surface area contributed by atoms with Gasteiger partial charge in [0.15, 0.2) is 11.0 Å². The van der Waals surface area contributed by atoms with Crippen molar-refractivity contribution in [3.63, 3.8) is 0 Å². The number of benzene rings is 1. The quantitative estimate of drug-likeness (QED) is 0.331. The van der Waals surface area contributed by atoms with Gasteiger partial charge in [-0.1, -0.05) is 30.3 Å². The average Bonchev–Trinajstić information content (AvgIpc) is 3.29. The lowest BCUT2D eigenvalue weighted by molar-refractivity contribution is -0.113. The highest BCUT2D eigenvalue weighted by molar-refractivity contribution is 7.99. The zero-order valence-electron chi connectivity index (χ0n) is 19.8. The molecule has 4 rings (SSSR count). The number of carbonyl (C=O) groups excluding carboxylic acids is 1. The van der Waals surface area contributed by atoms with Crippen LogP contribution in [0.2, 0.25) is 0 Å². The Hall–Kier alpha value is -2.83. The maximum Gasteiger partial charge on any atom is 0.235 e. The molecule has 1 amide bonds. The molecule has 34 heavy (non-hydrogen) atoms. The Bertz CT molecular complexity index is 1220. The number of thioether (sulfide) groups is 1. The summed E-state index contributed by atoms with van der Waals surface area (Å²) in [5.41, 5.74) is 3.98. The number of fused-ring (bicyclic) bond motifs is 1. The van der Waals surface area contributed by atoms with Gasteiger partial charge < -0.3 is 14.6 Å². The van der Waals surface area contributed by atoms with Crippen LogP contribution in [0.5, 0.6) is 5.75 Å². The lowest BCUT2D eigenvalue weighted by Crippen LogP contribution is -2.15. The monoisotopic (exact) mass is 495 g/mol. The van der Waals surface area contributed by atoms with Crippen molar-refractivity contribution in [2.24, 2.45) is 0 Å². The van der Waals surface area contributed by atoms with E-state index < -0.39 is 0 Å². The highest BCUT2D eigenvalue weighted by Crippen LogP contribution is 2.37. The van der Waals surface area contributed by atoms with Crippen LogP contribution in [0, 0.1) is 25.2 Å². The third-order valence-electron chi connectivity index (χ3n) is 5.93. The highest BCUT2D eigenvalue weighted by Gasteiger charge is 2.21. The number of nitrogens with zero attached hydrogens (tertiary/aromatic N) is 4. The van der Waals surface area contributed by atoms with Crippen molar-refractivity contribution in [2.75, 3.05) is 11.1 Å². The van der Waals surface area contributed by atoms with Gasteiger partial charge in [-0.05, 0) is 69.2 Å². The molecule has 2 heterocycles. The Balaban J connectivity index is 1.38. The molecule has 1 aliphatic rings. The van der Waals surface area contributed by atoms with Gasteiger partial charge in [0.1, 0.15) is 23.4 Å². The van der Waals surface area contributed by atoms with Crippen LogP contribution in [0.3, 0.4) is 0 Å². The number of aryl methyl sites for hydroxylation is 3. The molecule has 3 aromatic rings. The molecule has 0 atom stereocenters. The largest absolute Gasteiger partial charge is 0.485 e. The number of hydrogen-bond donors (Lipinski definition) is 1. The number of nitrogens with one attached hydrogen (secondary N) is 1. The Labute approximate surface area is 208 Å². The summed E-state index contributed by atoms with van der Waals surface area (Å²) in [7, 11) is 0. The number of anilines is 1. The molecular formula is C25H29N5O2S2. The molecule has 0 bridgehead atoms. The van der Waals surface area contributed by atoms with Crippen molar-refractivity contribution in [2.45, 2.75) is 71.2 Å². The van der Waals surface area contributed by atoms with E-state index in [9.17, 15) is 10.1 Å². The molecule has 0 saturated carbocycles. The topological polar surface area (TPSA) is 92.8 Å². The van der Waals surface area contributed by atoms with E-state index in [1.165, 1.54) is 23.1 Å². The van der Waals surface area contributed by atoms with E-state index in [0.717, 1.165) is 53.9 Å². The van der Waals surface area contributed by atoms with Gasteiger partial charge in [-0.2, -0.15) is 5.26 Å². The smallest absolute Gasteiger partial charge is 0.235 e. The van der Waals surface area contributed by atoms with E-state index in [0.29, 0.717) is 28.9 Å². The van der Waals surface area contributed by atoms with Crippen LogP contribution in [-0.4, -0.2) is 26.4 Å². The van der Waals surface area contributed by atoms with Gasteiger partial charge >= 0.3 is 0 Å². The molecule has 0 spiro atoms. The van der Waals surface area contributed by atoms with Gasteiger partial charge in [-0.3, -0.25) is 4.79 Å². The predicted molar refractivity (Wildman–Crippen MR) is 136 cm³/mol. The fourth-order valence-electron chi connectivity index (χ4n) is 4.10. The van der Waals surface area contributed by atoms with Crippen molar-refractivity contribution < 1.29 is 9.53 Å². The highest BCUT2D eigenvalue weighted by atomic mass is 32.2. The number of thiophene rings is 1. The van der Waals surface area contributed by atoms with E-state index in [-0.39, 0.29) is 11.7 Å². The Kier molecular flexibility index (Phi) is 7.91. The van der Waals surface area contributed by atoms with Crippen LogP contribution in [0.15, 0.2) is 23.4 Å². The SMILES string of the molecule is CCn1c(COc2cc(C)ccc2C)nnc1SCC(=O)Nc1sc2c(c1C#N)CCCCC2. The molecule has 0 aliphatic heterocycles. The Morgan fingerprint density at radius 1 is 1.26 bits per heavy atom. The molecule has 0 unspecified atom stereocenters. The zero-order chi connectivity index (χ0) is 24.1. The second-order valence-electron chi connectivity index (χ2n) is 8.42. The third-order valence-corrected chi connectivity index (χ3v) is 8.10. The third kappa shape index (κ3) is 5.45. The van der Waals surface area contributed by atoms with Crippen LogP contribution in [0.25, 0.3) is 0 Å². The molecule has 0 radical (unpaired) electrons. The summed E-state index contributed by atoms with van der Waals surface area (Å²) in [4.78, 5) is 14.0. The Morgan fingerprint density at radius 3 is 2.88 bits per heavy atom. The summed E-state index contributed by atoms with van der Waals surface area (Å²) in [5, 5.41) is 22.6. The maximum atomic E-state index is 12.7. The van der Waals surface area contributed by atoms with E-state index in [1.807, 2.05) is 37.5 Å². The first kappa shape index (κ1) is 24.3. The van der Waals surface area contributed by atoms with Gasteiger partial charge in [-0.25, -0.2) is 0 Å². The first-order valence-electron chi connectivity index (χ1n) is 11.6. The summed E-state index contributed by atoms with van der Waals surface area (Å²) in [5.74, 6) is 1.61. The number of carbonyl (C=O) groups is 1. The van der Waals surface area contributed by atoms with Crippen LogP contribution >= 0.6 is 23.1 Å². The molecule has 0 saturated heterocycles. The van der Waals surface area contributed by atoms with Gasteiger partial charge in [0.2, 0.25) is 5.91 Å². The van der Waals surface area contributed by atoms with Crippen LogP contribution in [-0.2, 0) is 30.8 Å². The second kappa shape index (κ2) is 11.1. The van der Waals surface area contributed by atoms with E-state index in [4.69, 9.17) is 4.74 Å². The second-order valence-corrected chi connectivity index (χ2v) is 10.5. The average molecular weight is 496 g/mol. The van der Waals surface area contributed by atoms with Crippen molar-refractivity contribution in [1.82, 2.24) is 14.8 Å². The zero-order valence-corrected chi connectivity index (χ0v) is 21.4. The Morgan fingerprint density at radius 2 is 2.09 bits per heavy atom. The summed E-state index contributed by atoms with van der Waals surface area (Å²) < 4.78 is 7.97. The molecule has 1 aromatic carbocycles. The lowest BCUT2D eigenvalue weighted by atomic mass is 10.1. The molecule has 2 aromatic heterocycles. The van der Waals surface area contributed by atoms with Crippen molar-refractivity contribution in [3.05, 3.63) is 51.2 Å². The van der Waals surface area contributed by atoms with E-state index in [2.05, 4.69) is 27.6 Å². The molecule has 1 N–H and O–H groups in total. The molecule has 1 aliphatic carbocycles. The fraction of sp³-hybridized carbons (Fsp3) is 0.440. The molecule has 0 fully saturated rings. The van der Waals surface area contributed by atoms with Crippen LogP contribution in [0.4, 0.5) is 5.00 Å². The molecule has 9 heteroatoms. The number of ether oxygens (including phenoxy) is 1. The normalized spacial score (nSPS) is 13.1. The van der Waals surface area contributed by atoms with Crippen molar-refractivity contribution in [3.8, 4) is 11.8 Å². The fourth-order valence-corrected chi connectivity index (χ4v) is 6.17. The van der Waals surface area contributed by atoms with E-state index in [1.54, 1.807) is 11.3 Å². The minimum absolute atomic E-state index is 0.142. The summed E-state index contributed by atoms with van der Waals surface area (Å²) in [6.45, 7) is 7.06. The maximum absolute atomic E-state index is 12.7. The number of aromatic nitrogens is 3. The number of rotatable bonds is 8. The van der Waals surface area contributed by atoms with Gasteiger partial charge in [0.25, 0.3) is 0 Å². The van der Waals surface area contributed by atoms with Gasteiger partial charge in [-0.15, -0.1) is 21.5 Å². The number of amides is 1. The van der Waals surface area contributed by atoms with Gasteiger partial charge in [0, 0.05) is 11.4 Å². The van der Waals surface area contributed by atoms with Crippen LogP contribution < -0.4 is 10.1 Å². The summed E-state index contributed by atoms with van der Waals surface area (Å²) >= 11 is 2.90. The first-order chi connectivity index (χ1) is 16.5. The minimum Gasteiger partial charge on any atom is -0.485 e. The number of hydrogen-bond acceptors (Lipinski definition) is 7. The van der Waals surface area contributed by atoms with Gasteiger partial charge in [0.05, 0.1) is 11.3 Å². The summed E-state index contributed by atoms with van der Waals surface area (Å²) in [6, 6.07) is 8.43. The lowest BCUT2D eigenvalue weighted by Gasteiger charge is -2.11. The molecule has 178 valence electrons. The van der Waals surface area contributed by atoms with Crippen molar-refractivity contribution >= 4 is 34.0 Å². The van der Waals surface area contributed by atoms with Crippen LogP contribution in [0.1, 0.15) is 59.1 Å².